The van der Waals surface area contributed by atoms with E-state index in [0.717, 1.165) is 11.1 Å². The lowest BCUT2D eigenvalue weighted by Gasteiger charge is -2.24. The van der Waals surface area contributed by atoms with Gasteiger partial charge in [0.2, 0.25) is 0 Å². The van der Waals surface area contributed by atoms with Crippen molar-refractivity contribution in [2.75, 3.05) is 26.2 Å². The molecule has 0 aliphatic heterocycles. The summed E-state index contributed by atoms with van der Waals surface area (Å²) in [5, 5.41) is 8.81. The van der Waals surface area contributed by atoms with Gasteiger partial charge in [-0.15, -0.1) is 0 Å². The van der Waals surface area contributed by atoms with Crippen molar-refractivity contribution in [3.05, 3.63) is 35.4 Å². The van der Waals surface area contributed by atoms with E-state index in [1.54, 1.807) is 0 Å². The molecule has 1 aromatic rings. The Morgan fingerprint density at radius 2 is 2.00 bits per heavy atom. The number of halogens is 3. The van der Waals surface area contributed by atoms with Gasteiger partial charge in [-0.2, -0.15) is 13.2 Å². The molecule has 0 aromatic heterocycles. The predicted molar refractivity (Wildman–Crippen MR) is 72.3 cm³/mol. The smallest absolute Gasteiger partial charge is 0.395 e. The third kappa shape index (κ3) is 6.36. The van der Waals surface area contributed by atoms with Gasteiger partial charge in [0, 0.05) is 19.1 Å². The van der Waals surface area contributed by atoms with Crippen LogP contribution in [0.1, 0.15) is 23.6 Å². The molecule has 114 valence electrons. The Balaban J connectivity index is 2.54. The maximum atomic E-state index is 12.4. The van der Waals surface area contributed by atoms with Gasteiger partial charge in [-0.1, -0.05) is 29.8 Å². The molecule has 3 N–H and O–H groups in total. The lowest BCUT2D eigenvalue weighted by Crippen LogP contribution is -2.37. The highest BCUT2D eigenvalue weighted by Gasteiger charge is 2.30. The molecule has 0 bridgehead atoms. The maximum Gasteiger partial charge on any atom is 0.401 e. The highest BCUT2D eigenvalue weighted by Crippen LogP contribution is 2.19. The second-order valence-corrected chi connectivity index (χ2v) is 4.92. The fourth-order valence-corrected chi connectivity index (χ4v) is 2.05. The summed E-state index contributed by atoms with van der Waals surface area (Å²) in [7, 11) is 0. The molecule has 0 saturated carbocycles. The number of aliphatic hydroxyl groups is 1. The normalized spacial score (nSPS) is 13.8. The van der Waals surface area contributed by atoms with Crippen molar-refractivity contribution in [2.45, 2.75) is 25.6 Å². The van der Waals surface area contributed by atoms with Crippen LogP contribution in [0.4, 0.5) is 13.2 Å². The number of aliphatic hydroxyl groups excluding tert-OH is 1. The minimum absolute atomic E-state index is 0.0000471. The molecule has 20 heavy (non-hydrogen) atoms. The molecular weight excluding hydrogens is 269 g/mol. The Kier molecular flexibility index (Phi) is 6.45. The van der Waals surface area contributed by atoms with E-state index < -0.39 is 12.7 Å². The van der Waals surface area contributed by atoms with Crippen molar-refractivity contribution < 1.29 is 18.3 Å². The first kappa shape index (κ1) is 16.9. The average molecular weight is 290 g/mol. The Labute approximate surface area is 117 Å². The molecule has 0 radical (unpaired) electrons. The van der Waals surface area contributed by atoms with Gasteiger partial charge < -0.3 is 10.8 Å². The Morgan fingerprint density at radius 3 is 2.55 bits per heavy atom. The van der Waals surface area contributed by atoms with Crippen molar-refractivity contribution in [3.63, 3.8) is 0 Å². The van der Waals surface area contributed by atoms with Crippen LogP contribution in [-0.2, 0) is 0 Å². The average Bonchev–Trinajstić information content (AvgIpc) is 2.34. The molecule has 1 aromatic carbocycles. The monoisotopic (exact) mass is 290 g/mol. The van der Waals surface area contributed by atoms with E-state index in [9.17, 15) is 13.2 Å². The van der Waals surface area contributed by atoms with Crippen LogP contribution in [0.25, 0.3) is 0 Å². The lowest BCUT2D eigenvalue weighted by molar-refractivity contribution is -0.146. The van der Waals surface area contributed by atoms with Crippen LogP contribution < -0.4 is 5.73 Å². The van der Waals surface area contributed by atoms with Gasteiger partial charge in [0.05, 0.1) is 13.2 Å². The zero-order valence-electron chi connectivity index (χ0n) is 11.5. The summed E-state index contributed by atoms with van der Waals surface area (Å²) in [6.07, 6.45) is -3.85. The van der Waals surface area contributed by atoms with E-state index in [1.165, 1.54) is 4.90 Å². The molecule has 3 nitrogen and oxygen atoms in total. The molecule has 0 heterocycles. The van der Waals surface area contributed by atoms with Gasteiger partial charge in [-0.3, -0.25) is 4.90 Å². The predicted octanol–water partition coefficient (Wildman–Crippen LogP) is 2.24. The van der Waals surface area contributed by atoms with Gasteiger partial charge in [0.25, 0.3) is 0 Å². The number of hydrogen-bond donors (Lipinski definition) is 2. The molecule has 0 spiro atoms. The summed E-state index contributed by atoms with van der Waals surface area (Å²) in [5.74, 6) is 0. The van der Waals surface area contributed by atoms with Gasteiger partial charge in [-0.25, -0.2) is 0 Å². The maximum absolute atomic E-state index is 12.4. The van der Waals surface area contributed by atoms with E-state index in [2.05, 4.69) is 0 Å². The van der Waals surface area contributed by atoms with Gasteiger partial charge in [-0.05, 0) is 18.9 Å². The minimum atomic E-state index is -4.26. The molecule has 1 unspecified atom stereocenters. The Bertz CT molecular complexity index is 410. The molecule has 0 aliphatic carbocycles. The number of aryl methyl sites for hydroxylation is 1. The van der Waals surface area contributed by atoms with Crippen LogP contribution in [0, 0.1) is 6.92 Å². The van der Waals surface area contributed by atoms with Crippen LogP contribution in [0.15, 0.2) is 24.3 Å². The van der Waals surface area contributed by atoms with E-state index in [1.807, 2.05) is 31.2 Å². The molecule has 0 fully saturated rings. The van der Waals surface area contributed by atoms with Crippen molar-refractivity contribution >= 4 is 0 Å². The standard InChI is InChI=1S/C14H21F3N2O/c1-11-3-2-4-12(9-11)13(18)5-6-19(7-8-20)10-14(15,16)17/h2-4,9,13,20H,5-8,10,18H2,1H3. The van der Waals surface area contributed by atoms with Crippen molar-refractivity contribution in [1.29, 1.82) is 0 Å². The number of benzene rings is 1. The number of nitrogens with two attached hydrogens (primary N) is 1. The van der Waals surface area contributed by atoms with E-state index in [-0.39, 0.29) is 25.7 Å². The quantitative estimate of drug-likeness (QED) is 0.809. The van der Waals surface area contributed by atoms with Crippen LogP contribution in [0.2, 0.25) is 0 Å². The summed E-state index contributed by atoms with van der Waals surface area (Å²) < 4.78 is 37.1. The molecular formula is C14H21F3N2O. The zero-order valence-corrected chi connectivity index (χ0v) is 11.5. The van der Waals surface area contributed by atoms with Crippen LogP contribution >= 0.6 is 0 Å². The molecule has 6 heteroatoms. The second-order valence-electron chi connectivity index (χ2n) is 4.92. The largest absolute Gasteiger partial charge is 0.401 e. The Morgan fingerprint density at radius 1 is 1.30 bits per heavy atom. The zero-order chi connectivity index (χ0) is 15.2. The third-order valence-electron chi connectivity index (χ3n) is 3.05. The summed E-state index contributed by atoms with van der Waals surface area (Å²) in [5.41, 5.74) is 7.99. The summed E-state index contributed by atoms with van der Waals surface area (Å²) >= 11 is 0. The summed E-state index contributed by atoms with van der Waals surface area (Å²) in [4.78, 5) is 1.18. The molecule has 1 atom stereocenters. The SMILES string of the molecule is Cc1cccc(C(N)CCN(CCO)CC(F)(F)F)c1. The Hall–Kier alpha value is -1.11. The second kappa shape index (κ2) is 7.61. The van der Waals surface area contributed by atoms with Crippen molar-refractivity contribution in [1.82, 2.24) is 4.90 Å². The van der Waals surface area contributed by atoms with Crippen LogP contribution in [-0.4, -0.2) is 42.4 Å². The van der Waals surface area contributed by atoms with Gasteiger partial charge in [0.1, 0.15) is 0 Å². The number of rotatable bonds is 7. The van der Waals surface area contributed by atoms with E-state index in [4.69, 9.17) is 10.8 Å². The van der Waals surface area contributed by atoms with Crippen LogP contribution in [0.5, 0.6) is 0 Å². The molecule has 0 aliphatic rings. The third-order valence-corrected chi connectivity index (χ3v) is 3.05. The lowest BCUT2D eigenvalue weighted by atomic mass is 10.0. The van der Waals surface area contributed by atoms with Gasteiger partial charge >= 0.3 is 6.18 Å². The summed E-state index contributed by atoms with van der Waals surface area (Å²) in [6, 6.07) is 7.33. The van der Waals surface area contributed by atoms with E-state index in [0.29, 0.717) is 6.42 Å². The first-order valence-corrected chi connectivity index (χ1v) is 6.54. The van der Waals surface area contributed by atoms with E-state index >= 15 is 0 Å². The van der Waals surface area contributed by atoms with Gasteiger partial charge in [0.15, 0.2) is 0 Å². The molecule has 1 rings (SSSR count). The fraction of sp³-hybridized carbons (Fsp3) is 0.571. The molecule has 0 amide bonds. The number of hydrogen-bond acceptors (Lipinski definition) is 3. The fourth-order valence-electron chi connectivity index (χ4n) is 2.05. The number of nitrogens with zero attached hydrogens (tertiary/aromatic N) is 1. The van der Waals surface area contributed by atoms with Crippen molar-refractivity contribution in [3.8, 4) is 0 Å². The highest BCUT2D eigenvalue weighted by atomic mass is 19.4. The number of alkyl halides is 3. The van der Waals surface area contributed by atoms with Crippen molar-refractivity contribution in [2.24, 2.45) is 5.73 Å². The topological polar surface area (TPSA) is 49.5 Å². The van der Waals surface area contributed by atoms with Crippen LogP contribution in [0.3, 0.4) is 0 Å². The highest BCUT2D eigenvalue weighted by molar-refractivity contribution is 5.24. The minimum Gasteiger partial charge on any atom is -0.395 e. The first-order valence-electron chi connectivity index (χ1n) is 6.54. The summed E-state index contributed by atoms with van der Waals surface area (Å²) in [6.45, 7) is 0.830. The first-order chi connectivity index (χ1) is 9.31. The molecule has 0 saturated heterocycles.